The van der Waals surface area contributed by atoms with Gasteiger partial charge in [-0.2, -0.15) is 0 Å². The van der Waals surface area contributed by atoms with Crippen molar-refractivity contribution in [2.24, 2.45) is 0 Å². The number of amides is 3. The van der Waals surface area contributed by atoms with E-state index in [1.165, 1.54) is 25.5 Å². The molecule has 0 aliphatic carbocycles. The van der Waals surface area contributed by atoms with E-state index in [0.29, 0.717) is 5.69 Å². The minimum atomic E-state index is -0.522. The molecule has 1 fully saturated rings. The molecule has 0 saturated carbocycles. The molecule has 0 spiro atoms. The zero-order valence-electron chi connectivity index (χ0n) is 9.06. The first-order chi connectivity index (χ1) is 8.08. The van der Waals surface area contributed by atoms with Crippen molar-refractivity contribution in [1.29, 1.82) is 0 Å². The number of imidazole rings is 1. The van der Waals surface area contributed by atoms with Crippen LogP contribution in [0.25, 0.3) is 6.08 Å². The molecule has 0 radical (unpaired) electrons. The van der Waals surface area contributed by atoms with Crippen LogP contribution in [0.3, 0.4) is 0 Å². The summed E-state index contributed by atoms with van der Waals surface area (Å²) in [6.45, 7) is 0.999. The van der Waals surface area contributed by atoms with Gasteiger partial charge in [0, 0.05) is 6.92 Å². The number of carbonyl (C=O) groups excluding carboxylic acids is 3. The van der Waals surface area contributed by atoms with E-state index < -0.39 is 17.7 Å². The normalized spacial score (nSPS) is 18.4. The molecule has 1 aliphatic rings. The first-order valence-electron chi connectivity index (χ1n) is 4.90. The van der Waals surface area contributed by atoms with Crippen molar-refractivity contribution in [3.63, 3.8) is 0 Å². The number of hydrogen-bond donors (Lipinski definition) is 2. The summed E-state index contributed by atoms with van der Waals surface area (Å²) in [6.07, 6.45) is 4.38. The maximum absolute atomic E-state index is 11.8. The van der Waals surface area contributed by atoms with E-state index in [1.807, 2.05) is 0 Å². The molecule has 17 heavy (non-hydrogen) atoms. The Hall–Kier alpha value is -2.44. The molecule has 0 atom stereocenters. The molecule has 1 aliphatic heterocycles. The Morgan fingerprint density at radius 1 is 1.53 bits per heavy atom. The minimum absolute atomic E-state index is 0.0562. The summed E-state index contributed by atoms with van der Waals surface area (Å²) in [5.74, 6) is -1.38. The largest absolute Gasteiger partial charge is 0.345 e. The molecule has 2 heterocycles. The number of aromatic amines is 1. The zero-order valence-corrected chi connectivity index (χ0v) is 9.06. The summed E-state index contributed by atoms with van der Waals surface area (Å²) in [7, 11) is 0. The molecule has 7 heteroatoms. The second-order valence-electron chi connectivity index (χ2n) is 3.52. The van der Waals surface area contributed by atoms with Crippen LogP contribution in [0.4, 0.5) is 0 Å². The van der Waals surface area contributed by atoms with E-state index in [4.69, 9.17) is 0 Å². The number of aromatic nitrogens is 2. The highest BCUT2D eigenvalue weighted by Crippen LogP contribution is 2.09. The molecule has 1 aromatic heterocycles. The summed E-state index contributed by atoms with van der Waals surface area (Å²) in [5, 5.41) is 2.42. The Morgan fingerprint density at radius 3 is 2.88 bits per heavy atom. The van der Waals surface area contributed by atoms with Crippen LogP contribution in [0.2, 0.25) is 0 Å². The molecule has 7 nitrogen and oxygen atoms in total. The number of carbonyl (C=O) groups is 3. The maximum Gasteiger partial charge on any atom is 0.277 e. The summed E-state index contributed by atoms with van der Waals surface area (Å²) in [4.78, 5) is 41.8. The average molecular weight is 234 g/mol. The average Bonchev–Trinajstić information content (AvgIpc) is 2.75. The van der Waals surface area contributed by atoms with E-state index in [0.717, 1.165) is 4.90 Å². The summed E-state index contributed by atoms with van der Waals surface area (Å²) >= 11 is 0. The second kappa shape index (κ2) is 4.20. The number of imide groups is 1. The maximum atomic E-state index is 11.8. The number of hydrogen-bond acceptors (Lipinski definition) is 4. The van der Waals surface area contributed by atoms with E-state index in [-0.39, 0.29) is 12.2 Å². The van der Waals surface area contributed by atoms with E-state index >= 15 is 0 Å². The standard InChI is InChI=1S/C10H10N4O3/c1-6(15)14-4-9(16)13-8(10(14)17)2-7-3-11-5-12-7/h2-3,5H,4H2,1H3,(H,11,12)(H,13,16)/b8-2-. The van der Waals surface area contributed by atoms with Crippen molar-refractivity contribution < 1.29 is 14.4 Å². The number of rotatable bonds is 1. The van der Waals surface area contributed by atoms with Crippen LogP contribution in [-0.4, -0.2) is 39.1 Å². The first kappa shape index (κ1) is 11.1. The van der Waals surface area contributed by atoms with Crippen LogP contribution >= 0.6 is 0 Å². The summed E-state index contributed by atoms with van der Waals surface area (Å²) in [5.41, 5.74) is 0.625. The highest BCUT2D eigenvalue weighted by molar-refractivity contribution is 6.12. The Morgan fingerprint density at radius 2 is 2.29 bits per heavy atom. The molecular weight excluding hydrogens is 224 g/mol. The molecule has 0 aromatic carbocycles. The summed E-state index contributed by atoms with van der Waals surface area (Å²) < 4.78 is 0. The van der Waals surface area contributed by atoms with Crippen LogP contribution in [0.15, 0.2) is 18.2 Å². The second-order valence-corrected chi connectivity index (χ2v) is 3.52. The van der Waals surface area contributed by atoms with Crippen LogP contribution in [0.5, 0.6) is 0 Å². The quantitative estimate of drug-likeness (QED) is 0.625. The molecule has 1 aromatic rings. The third-order valence-electron chi connectivity index (χ3n) is 2.25. The van der Waals surface area contributed by atoms with Gasteiger partial charge in [-0.25, -0.2) is 4.98 Å². The van der Waals surface area contributed by atoms with Crippen LogP contribution < -0.4 is 5.32 Å². The lowest BCUT2D eigenvalue weighted by atomic mass is 10.2. The Labute approximate surface area is 96.5 Å². The Bertz CT molecular complexity index is 504. The molecule has 2 rings (SSSR count). The molecule has 2 N–H and O–H groups in total. The molecular formula is C10H10N4O3. The lowest BCUT2D eigenvalue weighted by Crippen LogP contribution is -2.51. The summed E-state index contributed by atoms with van der Waals surface area (Å²) in [6, 6.07) is 0. The number of H-pyrrole nitrogens is 1. The molecule has 88 valence electrons. The Balaban J connectivity index is 2.31. The van der Waals surface area contributed by atoms with Crippen molar-refractivity contribution in [2.45, 2.75) is 6.92 Å². The fourth-order valence-corrected chi connectivity index (χ4v) is 1.46. The van der Waals surface area contributed by atoms with Gasteiger partial charge in [-0.05, 0) is 6.08 Å². The topological polar surface area (TPSA) is 95.2 Å². The van der Waals surface area contributed by atoms with E-state index in [9.17, 15) is 14.4 Å². The van der Waals surface area contributed by atoms with Crippen LogP contribution in [-0.2, 0) is 14.4 Å². The van der Waals surface area contributed by atoms with Crippen LogP contribution in [0.1, 0.15) is 12.6 Å². The highest BCUT2D eigenvalue weighted by atomic mass is 16.2. The SMILES string of the molecule is CC(=O)N1CC(=O)N/C(=C\c2cnc[nH]2)C1=O. The van der Waals surface area contributed by atoms with Gasteiger partial charge >= 0.3 is 0 Å². The number of nitrogens with one attached hydrogen (secondary N) is 2. The van der Waals surface area contributed by atoms with Gasteiger partial charge < -0.3 is 10.3 Å². The smallest absolute Gasteiger partial charge is 0.277 e. The van der Waals surface area contributed by atoms with Gasteiger partial charge in [-0.1, -0.05) is 0 Å². The predicted molar refractivity (Wildman–Crippen MR) is 57.1 cm³/mol. The molecule has 3 amide bonds. The Kier molecular flexibility index (Phi) is 2.73. The van der Waals surface area contributed by atoms with E-state index in [1.54, 1.807) is 0 Å². The number of nitrogens with zero attached hydrogens (tertiary/aromatic N) is 2. The predicted octanol–water partition coefficient (Wildman–Crippen LogP) is -0.745. The molecule has 0 unspecified atom stereocenters. The van der Waals surface area contributed by atoms with Gasteiger partial charge in [-0.3, -0.25) is 19.3 Å². The van der Waals surface area contributed by atoms with Gasteiger partial charge in [0.05, 0.1) is 18.2 Å². The van der Waals surface area contributed by atoms with Crippen molar-refractivity contribution >= 4 is 23.8 Å². The molecule has 0 bridgehead atoms. The van der Waals surface area contributed by atoms with Gasteiger partial charge in [-0.15, -0.1) is 0 Å². The fourth-order valence-electron chi connectivity index (χ4n) is 1.46. The van der Waals surface area contributed by atoms with Crippen molar-refractivity contribution in [3.05, 3.63) is 23.9 Å². The van der Waals surface area contributed by atoms with Crippen molar-refractivity contribution in [3.8, 4) is 0 Å². The monoisotopic (exact) mass is 234 g/mol. The van der Waals surface area contributed by atoms with Gasteiger partial charge in [0.1, 0.15) is 12.2 Å². The third-order valence-corrected chi connectivity index (χ3v) is 2.25. The minimum Gasteiger partial charge on any atom is -0.345 e. The van der Waals surface area contributed by atoms with Crippen molar-refractivity contribution in [2.75, 3.05) is 6.54 Å². The van der Waals surface area contributed by atoms with Crippen LogP contribution in [0, 0.1) is 0 Å². The molecule has 1 saturated heterocycles. The lowest BCUT2D eigenvalue weighted by Gasteiger charge is -2.25. The van der Waals surface area contributed by atoms with Gasteiger partial charge in [0.25, 0.3) is 5.91 Å². The lowest BCUT2D eigenvalue weighted by molar-refractivity contribution is -0.147. The zero-order chi connectivity index (χ0) is 12.4. The van der Waals surface area contributed by atoms with Crippen molar-refractivity contribution in [1.82, 2.24) is 20.2 Å². The first-order valence-corrected chi connectivity index (χ1v) is 4.90. The van der Waals surface area contributed by atoms with E-state index in [2.05, 4.69) is 15.3 Å². The van der Waals surface area contributed by atoms with Gasteiger partial charge in [0.2, 0.25) is 11.8 Å². The van der Waals surface area contributed by atoms with Gasteiger partial charge in [0.15, 0.2) is 0 Å². The number of piperazine rings is 1. The highest BCUT2D eigenvalue weighted by Gasteiger charge is 2.30. The third kappa shape index (κ3) is 2.22. The fraction of sp³-hybridized carbons (Fsp3) is 0.200.